The number of nitrogens with one attached hydrogen (secondary N) is 1. The van der Waals surface area contributed by atoms with E-state index in [2.05, 4.69) is 9.62 Å². The van der Waals surface area contributed by atoms with Crippen molar-refractivity contribution in [3.05, 3.63) is 42.5 Å². The Morgan fingerprint density at radius 2 is 1.56 bits per heavy atom. The van der Waals surface area contributed by atoms with Gasteiger partial charge in [-0.05, 0) is 87.0 Å². The highest BCUT2D eigenvalue weighted by molar-refractivity contribution is 7.89. The van der Waals surface area contributed by atoms with E-state index >= 15 is 0 Å². The Morgan fingerprint density at radius 3 is 2.27 bits per heavy atom. The van der Waals surface area contributed by atoms with E-state index < -0.39 is 16.1 Å². The van der Waals surface area contributed by atoms with Crippen LogP contribution in [0, 0.1) is 0 Å². The minimum atomic E-state index is -3.95. The first-order chi connectivity index (χ1) is 19.8. The molecule has 2 aromatic carbocycles. The Labute approximate surface area is 242 Å². The van der Waals surface area contributed by atoms with Crippen molar-refractivity contribution in [2.24, 2.45) is 0 Å². The van der Waals surface area contributed by atoms with Gasteiger partial charge in [-0.25, -0.2) is 8.42 Å². The monoisotopic (exact) mass is 584 g/mol. The molecule has 0 aromatic heterocycles. The van der Waals surface area contributed by atoms with Gasteiger partial charge in [0.25, 0.3) is 0 Å². The van der Waals surface area contributed by atoms with Gasteiger partial charge in [0, 0.05) is 25.7 Å². The lowest BCUT2D eigenvalue weighted by atomic mass is 10.1. The maximum absolute atomic E-state index is 13.3. The van der Waals surface area contributed by atoms with Gasteiger partial charge < -0.3 is 24.2 Å². The third kappa shape index (κ3) is 6.68. The lowest BCUT2D eigenvalue weighted by Gasteiger charge is -2.34. The molecule has 3 aliphatic rings. The molecule has 11 heteroatoms. The minimum absolute atomic E-state index is 0.00637. The molecule has 0 spiro atoms. The number of hydrogen-bond acceptors (Lipinski definition) is 7. The van der Waals surface area contributed by atoms with Crippen LogP contribution in [0.1, 0.15) is 38.5 Å². The van der Waals surface area contributed by atoms with Crippen LogP contribution in [0.3, 0.4) is 0 Å². The molecule has 3 heterocycles. The molecule has 2 atom stereocenters. The van der Waals surface area contributed by atoms with Gasteiger partial charge in [-0.1, -0.05) is 18.2 Å². The molecule has 2 amide bonds. The number of benzene rings is 2. The predicted octanol–water partition coefficient (Wildman–Crippen LogP) is 2.73. The van der Waals surface area contributed by atoms with Gasteiger partial charge in [0.15, 0.2) is 11.5 Å². The van der Waals surface area contributed by atoms with Gasteiger partial charge in [0.05, 0.1) is 25.7 Å². The highest BCUT2D eigenvalue weighted by atomic mass is 32.2. The summed E-state index contributed by atoms with van der Waals surface area (Å²) >= 11 is 0. The van der Waals surface area contributed by atoms with Crippen LogP contribution in [0.5, 0.6) is 11.5 Å². The average molecular weight is 585 g/mol. The second-order valence-corrected chi connectivity index (χ2v) is 12.8. The highest BCUT2D eigenvalue weighted by Gasteiger charge is 2.36. The van der Waals surface area contributed by atoms with Crippen molar-refractivity contribution in [2.45, 2.75) is 55.5 Å². The van der Waals surface area contributed by atoms with Crippen LogP contribution in [0.15, 0.2) is 47.4 Å². The Bertz CT molecular complexity index is 1340. The molecule has 0 saturated carbocycles. The number of ether oxygens (including phenoxy) is 2. The number of nitrogens with zero attached hydrogens (tertiary/aromatic N) is 3. The molecule has 3 aliphatic heterocycles. The lowest BCUT2D eigenvalue weighted by molar-refractivity contribution is -0.143. The summed E-state index contributed by atoms with van der Waals surface area (Å²) in [4.78, 5) is 32.5. The molecule has 2 unspecified atom stereocenters. The van der Waals surface area contributed by atoms with Gasteiger partial charge in [-0.15, -0.1) is 0 Å². The Hall–Kier alpha value is -3.15. The fourth-order valence-corrected chi connectivity index (χ4v) is 7.40. The van der Waals surface area contributed by atoms with E-state index in [1.807, 2.05) is 17.0 Å². The van der Waals surface area contributed by atoms with E-state index in [-0.39, 0.29) is 29.3 Å². The minimum Gasteiger partial charge on any atom is -0.493 e. The molecule has 0 aliphatic carbocycles. The normalized spacial score (nSPS) is 21.9. The quantitative estimate of drug-likeness (QED) is 0.458. The van der Waals surface area contributed by atoms with E-state index in [1.165, 1.54) is 29.9 Å². The number of hydrogen-bond donors (Lipinski definition) is 1. The van der Waals surface area contributed by atoms with Crippen molar-refractivity contribution in [3.63, 3.8) is 0 Å². The second-order valence-electron chi connectivity index (χ2n) is 11.1. The molecule has 222 valence electrons. The molecule has 2 aromatic rings. The zero-order valence-corrected chi connectivity index (χ0v) is 24.7. The number of carbonyl (C=O) groups is 2. The Kier molecular flexibility index (Phi) is 9.16. The van der Waals surface area contributed by atoms with Gasteiger partial charge in [-0.2, -0.15) is 4.72 Å². The van der Waals surface area contributed by atoms with Crippen molar-refractivity contribution in [3.8, 4) is 22.6 Å². The van der Waals surface area contributed by atoms with Crippen LogP contribution in [0.4, 0.5) is 0 Å². The Balaban J connectivity index is 1.21. The Morgan fingerprint density at radius 1 is 0.878 bits per heavy atom. The molecular formula is C30H40N4O6S. The summed E-state index contributed by atoms with van der Waals surface area (Å²) in [6.45, 7) is 4.23. The van der Waals surface area contributed by atoms with Crippen molar-refractivity contribution in [2.75, 3.05) is 53.5 Å². The van der Waals surface area contributed by atoms with Crippen molar-refractivity contribution in [1.29, 1.82) is 0 Å². The van der Waals surface area contributed by atoms with E-state index in [0.29, 0.717) is 37.4 Å². The molecule has 10 nitrogen and oxygen atoms in total. The molecule has 0 bridgehead atoms. The third-order valence-corrected chi connectivity index (χ3v) is 9.89. The smallest absolute Gasteiger partial charge is 0.242 e. The standard InChI is InChI=1S/C30H40N4O6S/c1-39-27-14-11-23(19-28(27)40-2)22-9-12-25(13-10-22)41(37,38)31-26-8-6-17-33(30(26)36)21-29(35)34-18-5-7-24(34)20-32-15-3-4-16-32/h9-14,19,24,26,31H,3-8,15-18,20-21H2,1-2H3. The summed E-state index contributed by atoms with van der Waals surface area (Å²) in [5, 5.41) is 0. The van der Waals surface area contributed by atoms with Gasteiger partial charge in [-0.3, -0.25) is 9.59 Å². The van der Waals surface area contributed by atoms with Crippen LogP contribution in [-0.4, -0.2) is 101 Å². The summed E-state index contributed by atoms with van der Waals surface area (Å²) in [7, 11) is -0.820. The van der Waals surface area contributed by atoms with E-state index in [9.17, 15) is 18.0 Å². The zero-order chi connectivity index (χ0) is 29.0. The van der Waals surface area contributed by atoms with Crippen molar-refractivity contribution < 1.29 is 27.5 Å². The topological polar surface area (TPSA) is 108 Å². The number of sulfonamides is 1. The fourth-order valence-electron chi connectivity index (χ4n) is 6.18. The predicted molar refractivity (Wildman–Crippen MR) is 155 cm³/mol. The van der Waals surface area contributed by atoms with Crippen LogP contribution in [0.25, 0.3) is 11.1 Å². The van der Waals surface area contributed by atoms with Gasteiger partial charge in [0.2, 0.25) is 21.8 Å². The SMILES string of the molecule is COc1ccc(-c2ccc(S(=O)(=O)NC3CCCN(CC(=O)N4CCCC4CN4CCCC4)C3=O)cc2)cc1OC. The van der Waals surface area contributed by atoms with Crippen LogP contribution < -0.4 is 14.2 Å². The number of carbonyl (C=O) groups excluding carboxylic acids is 2. The van der Waals surface area contributed by atoms with E-state index in [4.69, 9.17) is 9.47 Å². The molecular weight excluding hydrogens is 544 g/mol. The summed E-state index contributed by atoms with van der Waals surface area (Å²) in [5.41, 5.74) is 1.66. The van der Waals surface area contributed by atoms with Gasteiger partial charge >= 0.3 is 0 Å². The maximum atomic E-state index is 13.3. The zero-order valence-electron chi connectivity index (χ0n) is 23.9. The largest absolute Gasteiger partial charge is 0.493 e. The average Bonchev–Trinajstić information content (AvgIpc) is 3.67. The summed E-state index contributed by atoms with van der Waals surface area (Å²) in [6.07, 6.45) is 5.41. The maximum Gasteiger partial charge on any atom is 0.242 e. The second kappa shape index (κ2) is 12.8. The highest BCUT2D eigenvalue weighted by Crippen LogP contribution is 2.32. The van der Waals surface area contributed by atoms with Crippen molar-refractivity contribution >= 4 is 21.8 Å². The van der Waals surface area contributed by atoms with E-state index in [1.54, 1.807) is 32.4 Å². The fraction of sp³-hybridized carbons (Fsp3) is 0.533. The molecule has 41 heavy (non-hydrogen) atoms. The molecule has 0 radical (unpaired) electrons. The summed E-state index contributed by atoms with van der Waals surface area (Å²) in [5.74, 6) is 0.795. The van der Waals surface area contributed by atoms with E-state index in [0.717, 1.165) is 43.6 Å². The van der Waals surface area contributed by atoms with Crippen LogP contribution >= 0.6 is 0 Å². The van der Waals surface area contributed by atoms with Crippen LogP contribution in [0.2, 0.25) is 0 Å². The number of piperidine rings is 1. The lowest BCUT2D eigenvalue weighted by Crippen LogP contribution is -2.55. The van der Waals surface area contributed by atoms with Crippen LogP contribution in [-0.2, 0) is 19.6 Å². The molecule has 3 saturated heterocycles. The summed E-state index contributed by atoms with van der Waals surface area (Å²) in [6, 6.07) is 11.3. The molecule has 5 rings (SSSR count). The first-order valence-electron chi connectivity index (χ1n) is 14.4. The number of methoxy groups -OCH3 is 2. The molecule has 1 N–H and O–H groups in total. The third-order valence-electron chi connectivity index (χ3n) is 8.40. The first kappa shape index (κ1) is 29.3. The number of amides is 2. The first-order valence-corrected chi connectivity index (χ1v) is 15.9. The number of likely N-dealkylation sites (tertiary alicyclic amines) is 3. The molecule has 3 fully saturated rings. The van der Waals surface area contributed by atoms with Gasteiger partial charge in [0.1, 0.15) is 6.04 Å². The summed E-state index contributed by atoms with van der Waals surface area (Å²) < 4.78 is 39.7. The number of rotatable bonds is 10. The van der Waals surface area contributed by atoms with Crippen molar-refractivity contribution in [1.82, 2.24) is 19.4 Å².